The smallest absolute Gasteiger partial charge is 0.193 e. The van der Waals surface area contributed by atoms with E-state index in [0.29, 0.717) is 19.1 Å². The Labute approximate surface area is 159 Å². The van der Waals surface area contributed by atoms with Gasteiger partial charge in [0, 0.05) is 26.6 Å². The van der Waals surface area contributed by atoms with Crippen molar-refractivity contribution in [1.29, 1.82) is 0 Å². The molecule has 2 aromatic carbocycles. The number of rotatable bonds is 6. The van der Waals surface area contributed by atoms with Gasteiger partial charge in [0.15, 0.2) is 17.5 Å². The van der Waals surface area contributed by atoms with E-state index in [9.17, 15) is 4.39 Å². The lowest BCUT2D eigenvalue weighted by molar-refractivity contribution is 0.262. The molecule has 0 aliphatic carbocycles. The van der Waals surface area contributed by atoms with E-state index in [4.69, 9.17) is 9.47 Å². The average molecular weight is 371 g/mol. The third-order valence-corrected chi connectivity index (χ3v) is 4.68. The van der Waals surface area contributed by atoms with Gasteiger partial charge in [-0.25, -0.2) is 4.39 Å². The van der Waals surface area contributed by atoms with Gasteiger partial charge in [0.25, 0.3) is 0 Å². The molecule has 1 atom stereocenters. The number of hydrogen-bond acceptors (Lipinski definition) is 3. The van der Waals surface area contributed by atoms with Crippen LogP contribution < -0.4 is 14.8 Å². The first-order valence-corrected chi connectivity index (χ1v) is 9.20. The van der Waals surface area contributed by atoms with Crippen molar-refractivity contribution in [3.05, 3.63) is 59.9 Å². The minimum Gasteiger partial charge on any atom is -0.493 e. The third-order valence-electron chi connectivity index (χ3n) is 4.68. The molecule has 27 heavy (non-hydrogen) atoms. The average Bonchev–Trinajstić information content (AvgIpc) is 2.70. The van der Waals surface area contributed by atoms with Crippen LogP contribution in [0, 0.1) is 5.82 Å². The Bertz CT molecular complexity index is 782. The monoisotopic (exact) mass is 371 g/mol. The van der Waals surface area contributed by atoms with Gasteiger partial charge in [-0.15, -0.1) is 0 Å². The molecule has 1 aliphatic heterocycles. The Balaban J connectivity index is 1.50. The molecule has 3 rings (SSSR count). The van der Waals surface area contributed by atoms with Gasteiger partial charge in [0.05, 0.1) is 13.2 Å². The molecule has 6 heteroatoms. The van der Waals surface area contributed by atoms with E-state index < -0.39 is 0 Å². The fourth-order valence-electron chi connectivity index (χ4n) is 3.19. The molecule has 0 fully saturated rings. The number of para-hydroxylation sites is 2. The number of likely N-dealkylation sites (N-methyl/N-ethyl adjacent to an activating group) is 1. The maximum atomic E-state index is 13.6. The number of guanidine groups is 1. The summed E-state index contributed by atoms with van der Waals surface area (Å²) in [6.07, 6.45) is 0.973. The predicted molar refractivity (Wildman–Crippen MR) is 105 cm³/mol. The highest BCUT2D eigenvalue weighted by Crippen LogP contribution is 2.32. The first kappa shape index (κ1) is 19.0. The van der Waals surface area contributed by atoms with Crippen LogP contribution in [0.25, 0.3) is 0 Å². The number of fused-ring (bicyclic) bond motifs is 1. The Hall–Kier alpha value is -2.76. The van der Waals surface area contributed by atoms with E-state index in [0.717, 1.165) is 31.3 Å². The molecule has 1 N–H and O–H groups in total. The molecule has 0 saturated carbocycles. The van der Waals surface area contributed by atoms with Crippen molar-refractivity contribution in [2.24, 2.45) is 4.99 Å². The van der Waals surface area contributed by atoms with Crippen molar-refractivity contribution in [2.75, 3.05) is 40.4 Å². The van der Waals surface area contributed by atoms with Gasteiger partial charge in [0.1, 0.15) is 12.4 Å². The highest BCUT2D eigenvalue weighted by atomic mass is 19.1. The molecule has 1 aliphatic rings. The largest absolute Gasteiger partial charge is 0.493 e. The number of ether oxygens (including phenoxy) is 2. The normalized spacial score (nSPS) is 16.3. The standard InChI is InChI=1S/C21H26FN3O2/c1-23-21(25(2)12-14-27-20-10-6-4-8-18(20)22)24-15-16-11-13-26-19-9-5-3-7-17(16)19/h3-10,16H,11-15H2,1-2H3,(H,23,24). The number of nitrogens with zero attached hydrogens (tertiary/aromatic N) is 2. The summed E-state index contributed by atoms with van der Waals surface area (Å²) in [6, 6.07) is 14.6. The van der Waals surface area contributed by atoms with E-state index >= 15 is 0 Å². The van der Waals surface area contributed by atoms with Crippen molar-refractivity contribution in [3.8, 4) is 11.5 Å². The van der Waals surface area contributed by atoms with Crippen LogP contribution in [-0.4, -0.2) is 51.3 Å². The van der Waals surface area contributed by atoms with E-state index in [1.54, 1.807) is 25.2 Å². The van der Waals surface area contributed by atoms with Crippen LogP contribution in [0.5, 0.6) is 11.5 Å². The molecule has 2 aromatic rings. The van der Waals surface area contributed by atoms with Crippen molar-refractivity contribution >= 4 is 5.96 Å². The number of nitrogens with one attached hydrogen (secondary N) is 1. The van der Waals surface area contributed by atoms with Crippen LogP contribution in [0.4, 0.5) is 4.39 Å². The van der Waals surface area contributed by atoms with Gasteiger partial charge < -0.3 is 19.7 Å². The zero-order chi connectivity index (χ0) is 19.1. The SMILES string of the molecule is CN=C(NCC1CCOc2ccccc21)N(C)CCOc1ccccc1F. The molecule has 144 valence electrons. The fraction of sp³-hybridized carbons (Fsp3) is 0.381. The summed E-state index contributed by atoms with van der Waals surface area (Å²) in [5.41, 5.74) is 1.23. The molecule has 1 unspecified atom stereocenters. The third kappa shape index (κ3) is 4.90. The summed E-state index contributed by atoms with van der Waals surface area (Å²) in [7, 11) is 3.70. The molecule has 5 nitrogen and oxygen atoms in total. The Morgan fingerprint density at radius 2 is 2.04 bits per heavy atom. The molecule has 0 bridgehead atoms. The van der Waals surface area contributed by atoms with Gasteiger partial charge in [0.2, 0.25) is 0 Å². The van der Waals surface area contributed by atoms with Crippen LogP contribution in [0.3, 0.4) is 0 Å². The minimum absolute atomic E-state index is 0.271. The molecule has 0 aromatic heterocycles. The molecular formula is C21H26FN3O2. The topological polar surface area (TPSA) is 46.1 Å². The van der Waals surface area contributed by atoms with Gasteiger partial charge in [-0.1, -0.05) is 30.3 Å². The number of halogens is 1. The molecule has 0 radical (unpaired) electrons. The molecule has 0 saturated heterocycles. The van der Waals surface area contributed by atoms with Crippen LogP contribution in [0.2, 0.25) is 0 Å². The quantitative estimate of drug-likeness (QED) is 0.625. The molecule has 1 heterocycles. The molecule has 0 amide bonds. The Morgan fingerprint density at radius 1 is 1.26 bits per heavy atom. The highest BCUT2D eigenvalue weighted by Gasteiger charge is 2.21. The summed E-state index contributed by atoms with van der Waals surface area (Å²) >= 11 is 0. The second-order valence-electron chi connectivity index (χ2n) is 6.50. The first-order chi connectivity index (χ1) is 13.2. The minimum atomic E-state index is -0.346. The van der Waals surface area contributed by atoms with Gasteiger partial charge >= 0.3 is 0 Å². The Kier molecular flexibility index (Phi) is 6.52. The van der Waals surface area contributed by atoms with Gasteiger partial charge in [-0.05, 0) is 30.2 Å². The zero-order valence-electron chi connectivity index (χ0n) is 15.8. The lowest BCUT2D eigenvalue weighted by atomic mass is 9.93. The second kappa shape index (κ2) is 9.26. The first-order valence-electron chi connectivity index (χ1n) is 9.20. The fourth-order valence-corrected chi connectivity index (χ4v) is 3.19. The number of hydrogen-bond donors (Lipinski definition) is 1. The van der Waals surface area contributed by atoms with E-state index in [1.165, 1.54) is 11.6 Å². The maximum absolute atomic E-state index is 13.6. The van der Waals surface area contributed by atoms with Crippen molar-refractivity contribution < 1.29 is 13.9 Å². The van der Waals surface area contributed by atoms with E-state index in [-0.39, 0.29) is 11.6 Å². The van der Waals surface area contributed by atoms with Crippen molar-refractivity contribution in [3.63, 3.8) is 0 Å². The van der Waals surface area contributed by atoms with Crippen LogP contribution in [0.15, 0.2) is 53.5 Å². The summed E-state index contributed by atoms with van der Waals surface area (Å²) in [4.78, 5) is 6.32. The number of benzene rings is 2. The Morgan fingerprint density at radius 3 is 2.85 bits per heavy atom. The summed E-state index contributed by atoms with van der Waals surface area (Å²) < 4.78 is 24.9. The lowest BCUT2D eigenvalue weighted by Crippen LogP contribution is -2.42. The van der Waals surface area contributed by atoms with E-state index in [1.807, 2.05) is 30.1 Å². The summed E-state index contributed by atoms with van der Waals surface area (Å²) in [6.45, 7) is 2.48. The summed E-state index contributed by atoms with van der Waals surface area (Å²) in [5, 5.41) is 3.43. The van der Waals surface area contributed by atoms with Crippen molar-refractivity contribution in [1.82, 2.24) is 10.2 Å². The number of aliphatic imine (C=N–C) groups is 1. The van der Waals surface area contributed by atoms with Gasteiger partial charge in [-0.2, -0.15) is 0 Å². The van der Waals surface area contributed by atoms with Crippen LogP contribution >= 0.6 is 0 Å². The van der Waals surface area contributed by atoms with Crippen LogP contribution in [-0.2, 0) is 0 Å². The lowest BCUT2D eigenvalue weighted by Gasteiger charge is -2.28. The van der Waals surface area contributed by atoms with Crippen LogP contribution in [0.1, 0.15) is 17.9 Å². The predicted octanol–water partition coefficient (Wildman–Crippen LogP) is 3.28. The highest BCUT2D eigenvalue weighted by molar-refractivity contribution is 5.79. The molecule has 0 spiro atoms. The maximum Gasteiger partial charge on any atom is 0.193 e. The molecular weight excluding hydrogens is 345 g/mol. The zero-order valence-corrected chi connectivity index (χ0v) is 15.8. The second-order valence-corrected chi connectivity index (χ2v) is 6.50. The summed E-state index contributed by atoms with van der Waals surface area (Å²) in [5.74, 6) is 2.07. The van der Waals surface area contributed by atoms with E-state index in [2.05, 4.69) is 16.4 Å². The van der Waals surface area contributed by atoms with Crippen molar-refractivity contribution in [2.45, 2.75) is 12.3 Å². The van der Waals surface area contributed by atoms with Gasteiger partial charge in [-0.3, -0.25) is 4.99 Å².